The van der Waals surface area contributed by atoms with Crippen LogP contribution in [0.1, 0.15) is 17.3 Å². The fraction of sp³-hybridized carbons (Fsp3) is 0.211. The zero-order chi connectivity index (χ0) is 20.7. The van der Waals surface area contributed by atoms with Gasteiger partial charge in [-0.2, -0.15) is 0 Å². The van der Waals surface area contributed by atoms with E-state index in [1.807, 2.05) is 0 Å². The molecule has 2 rings (SSSR count). The molecule has 0 aliphatic carbocycles. The van der Waals surface area contributed by atoms with Crippen LogP contribution in [0.5, 0.6) is 5.75 Å². The number of hydrogen-bond acceptors (Lipinski definition) is 5. The fourth-order valence-electron chi connectivity index (χ4n) is 2.20. The third kappa shape index (κ3) is 5.50. The molecule has 28 heavy (non-hydrogen) atoms. The Morgan fingerprint density at radius 2 is 1.82 bits per heavy atom. The molecule has 7 nitrogen and oxygen atoms in total. The maximum absolute atomic E-state index is 13.5. The molecule has 0 radical (unpaired) electrons. The van der Waals surface area contributed by atoms with Crippen LogP contribution in [-0.2, 0) is 14.3 Å². The number of hydrogen-bond donors (Lipinski definition) is 2. The normalized spacial score (nSPS) is 11.3. The summed E-state index contributed by atoms with van der Waals surface area (Å²) in [5.41, 5.74) is -0.150. The van der Waals surface area contributed by atoms with Crippen molar-refractivity contribution in [2.45, 2.75) is 13.0 Å². The number of esters is 1. The van der Waals surface area contributed by atoms with Gasteiger partial charge in [-0.25, -0.2) is 8.78 Å². The van der Waals surface area contributed by atoms with Gasteiger partial charge in [0, 0.05) is 6.07 Å². The summed E-state index contributed by atoms with van der Waals surface area (Å²) in [6.45, 7) is 0.759. The summed E-state index contributed by atoms with van der Waals surface area (Å²) >= 11 is 0. The monoisotopic (exact) mass is 392 g/mol. The van der Waals surface area contributed by atoms with Crippen LogP contribution in [0.25, 0.3) is 0 Å². The first-order valence-corrected chi connectivity index (χ1v) is 8.18. The largest absolute Gasteiger partial charge is 0.496 e. The smallest absolute Gasteiger partial charge is 0.326 e. The Kier molecular flexibility index (Phi) is 7.02. The molecule has 0 aliphatic heterocycles. The Morgan fingerprint density at radius 3 is 2.54 bits per heavy atom. The Labute approximate surface area is 159 Å². The summed E-state index contributed by atoms with van der Waals surface area (Å²) in [6, 6.07) is 8.98. The molecule has 2 aromatic carbocycles. The minimum Gasteiger partial charge on any atom is -0.496 e. The van der Waals surface area contributed by atoms with Crippen LogP contribution in [-0.4, -0.2) is 37.5 Å². The maximum Gasteiger partial charge on any atom is 0.326 e. The quantitative estimate of drug-likeness (QED) is 0.705. The molecule has 1 atom stereocenters. The van der Waals surface area contributed by atoms with Gasteiger partial charge < -0.3 is 20.1 Å². The van der Waals surface area contributed by atoms with Crippen molar-refractivity contribution in [1.29, 1.82) is 0 Å². The fourth-order valence-corrected chi connectivity index (χ4v) is 2.20. The SMILES string of the molecule is COc1ccccc1C(=O)NCC(=O)O[C@@H](C)C(=O)Nc1cc(F)ccc1F. The van der Waals surface area contributed by atoms with E-state index in [0.717, 1.165) is 18.2 Å². The van der Waals surface area contributed by atoms with Crippen molar-refractivity contribution in [3.05, 3.63) is 59.7 Å². The van der Waals surface area contributed by atoms with Crippen molar-refractivity contribution in [2.75, 3.05) is 19.0 Å². The van der Waals surface area contributed by atoms with Crippen LogP contribution in [0.3, 0.4) is 0 Å². The van der Waals surface area contributed by atoms with Gasteiger partial charge in [0.1, 0.15) is 23.9 Å². The highest BCUT2D eigenvalue weighted by Gasteiger charge is 2.20. The van der Waals surface area contributed by atoms with Gasteiger partial charge in [-0.15, -0.1) is 0 Å². The number of carbonyl (C=O) groups excluding carboxylic acids is 3. The van der Waals surface area contributed by atoms with Crippen LogP contribution in [0, 0.1) is 11.6 Å². The van der Waals surface area contributed by atoms with E-state index < -0.39 is 42.1 Å². The van der Waals surface area contributed by atoms with Crippen LogP contribution in [0.2, 0.25) is 0 Å². The van der Waals surface area contributed by atoms with E-state index in [9.17, 15) is 23.2 Å². The van der Waals surface area contributed by atoms with Gasteiger partial charge in [-0.05, 0) is 31.2 Å². The van der Waals surface area contributed by atoms with Crippen LogP contribution in [0.4, 0.5) is 14.5 Å². The van der Waals surface area contributed by atoms with Gasteiger partial charge in [0.05, 0.1) is 18.4 Å². The number of methoxy groups -OCH3 is 1. The van der Waals surface area contributed by atoms with Gasteiger partial charge in [-0.1, -0.05) is 12.1 Å². The summed E-state index contributed by atoms with van der Waals surface area (Å²) < 4.78 is 36.6. The molecule has 0 aromatic heterocycles. The van der Waals surface area contributed by atoms with E-state index in [1.54, 1.807) is 18.2 Å². The Morgan fingerprint density at radius 1 is 1.11 bits per heavy atom. The van der Waals surface area contributed by atoms with Gasteiger partial charge >= 0.3 is 5.97 Å². The molecule has 0 bridgehead atoms. The minimum absolute atomic E-state index is 0.227. The zero-order valence-corrected chi connectivity index (χ0v) is 15.1. The second-order valence-electron chi connectivity index (χ2n) is 5.63. The van der Waals surface area contributed by atoms with E-state index >= 15 is 0 Å². The molecular formula is C19H18F2N2O5. The van der Waals surface area contributed by atoms with Gasteiger partial charge in [0.15, 0.2) is 6.10 Å². The number of nitrogens with one attached hydrogen (secondary N) is 2. The minimum atomic E-state index is -1.29. The molecule has 2 aromatic rings. The molecule has 148 valence electrons. The summed E-state index contributed by atoms with van der Waals surface area (Å²) in [5.74, 6) is -3.54. The molecule has 0 fully saturated rings. The number of rotatable bonds is 7. The lowest BCUT2D eigenvalue weighted by atomic mass is 10.2. The second-order valence-corrected chi connectivity index (χ2v) is 5.63. The Balaban J connectivity index is 1.87. The number of ether oxygens (including phenoxy) is 2. The molecule has 0 aliphatic rings. The van der Waals surface area contributed by atoms with E-state index in [4.69, 9.17) is 9.47 Å². The number of halogens is 2. The van der Waals surface area contributed by atoms with E-state index in [1.165, 1.54) is 20.1 Å². The Bertz CT molecular complexity index is 888. The van der Waals surface area contributed by atoms with Crippen molar-refractivity contribution < 1.29 is 32.6 Å². The van der Waals surface area contributed by atoms with Gasteiger partial charge in [0.25, 0.3) is 11.8 Å². The molecule has 0 saturated heterocycles. The summed E-state index contributed by atoms with van der Waals surface area (Å²) in [7, 11) is 1.40. The molecule has 2 amide bonds. The highest BCUT2D eigenvalue weighted by atomic mass is 19.1. The number of carbonyl (C=O) groups is 3. The standard InChI is InChI=1S/C19H18F2N2O5/c1-11(18(25)23-15-9-12(20)7-8-14(15)21)28-17(24)10-22-19(26)13-5-3-4-6-16(13)27-2/h3-9,11H,10H2,1-2H3,(H,22,26)(H,23,25)/t11-/m0/s1. The third-order valence-electron chi connectivity index (χ3n) is 3.61. The van der Waals surface area contributed by atoms with Crippen molar-refractivity contribution in [3.8, 4) is 5.75 Å². The lowest BCUT2D eigenvalue weighted by Crippen LogP contribution is -2.36. The van der Waals surface area contributed by atoms with Crippen molar-refractivity contribution in [1.82, 2.24) is 5.32 Å². The Hall–Kier alpha value is -3.49. The maximum atomic E-state index is 13.5. The third-order valence-corrected chi connectivity index (χ3v) is 3.61. The van der Waals surface area contributed by atoms with Crippen LogP contribution < -0.4 is 15.4 Å². The zero-order valence-electron chi connectivity index (χ0n) is 15.1. The molecule has 0 spiro atoms. The molecular weight excluding hydrogens is 374 g/mol. The first-order valence-electron chi connectivity index (χ1n) is 8.18. The first kappa shape index (κ1) is 20.8. The van der Waals surface area contributed by atoms with Crippen molar-refractivity contribution >= 4 is 23.5 Å². The average molecular weight is 392 g/mol. The molecule has 0 saturated carbocycles. The van der Waals surface area contributed by atoms with Crippen LogP contribution in [0.15, 0.2) is 42.5 Å². The molecule has 9 heteroatoms. The number of amides is 2. The first-order chi connectivity index (χ1) is 13.3. The molecule has 2 N–H and O–H groups in total. The predicted molar refractivity (Wildman–Crippen MR) is 95.9 cm³/mol. The number of anilines is 1. The number of benzene rings is 2. The van der Waals surface area contributed by atoms with E-state index in [0.29, 0.717) is 5.75 Å². The lowest BCUT2D eigenvalue weighted by molar-refractivity contribution is -0.152. The van der Waals surface area contributed by atoms with Gasteiger partial charge in [0.2, 0.25) is 0 Å². The second kappa shape index (κ2) is 9.45. The van der Waals surface area contributed by atoms with Crippen molar-refractivity contribution in [3.63, 3.8) is 0 Å². The number of para-hydroxylation sites is 1. The predicted octanol–water partition coefficient (Wildman–Crippen LogP) is 2.27. The summed E-state index contributed by atoms with van der Waals surface area (Å²) in [6.07, 6.45) is -1.29. The summed E-state index contributed by atoms with van der Waals surface area (Å²) in [4.78, 5) is 35.9. The van der Waals surface area contributed by atoms with Gasteiger partial charge in [-0.3, -0.25) is 14.4 Å². The highest BCUT2D eigenvalue weighted by molar-refractivity contribution is 5.99. The van der Waals surface area contributed by atoms with Crippen LogP contribution >= 0.6 is 0 Å². The van der Waals surface area contributed by atoms with Crippen molar-refractivity contribution in [2.24, 2.45) is 0 Å². The molecule has 0 heterocycles. The molecule has 0 unspecified atom stereocenters. The van der Waals surface area contributed by atoms with E-state index in [-0.39, 0.29) is 11.3 Å². The summed E-state index contributed by atoms with van der Waals surface area (Å²) in [5, 5.41) is 4.48. The average Bonchev–Trinajstić information content (AvgIpc) is 2.68. The lowest BCUT2D eigenvalue weighted by Gasteiger charge is -2.14. The highest BCUT2D eigenvalue weighted by Crippen LogP contribution is 2.17. The topological polar surface area (TPSA) is 93.7 Å². The van der Waals surface area contributed by atoms with E-state index in [2.05, 4.69) is 10.6 Å².